The highest BCUT2D eigenvalue weighted by molar-refractivity contribution is 6.69. The number of rotatable bonds is 12. The molecule has 1 aromatic carbocycles. The van der Waals surface area contributed by atoms with Gasteiger partial charge in [0.2, 0.25) is 0 Å². The summed E-state index contributed by atoms with van der Waals surface area (Å²) in [6.07, 6.45) is -2.81. The predicted octanol–water partition coefficient (Wildman–Crippen LogP) is 5.84. The first-order chi connectivity index (χ1) is 26.6. The lowest BCUT2D eigenvalue weighted by Crippen LogP contribution is -2.61. The zero-order valence-electron chi connectivity index (χ0n) is 37.0. The highest BCUT2D eigenvalue weighted by Gasteiger charge is 2.60. The molecule has 322 valence electrons. The second-order valence-electron chi connectivity index (χ2n) is 18.2. The smallest absolute Gasteiger partial charge is 0.410 e. The molecule has 1 aromatic rings. The summed E-state index contributed by atoms with van der Waals surface area (Å²) in [4.78, 5) is 60.8. The molecule has 1 N–H and O–H groups in total. The number of methoxy groups -OCH3 is 1. The number of cyclic esters (lactones) is 1. The summed E-state index contributed by atoms with van der Waals surface area (Å²) in [5, 5.41) is 3.40. The molecule has 0 bridgehead atoms. The molecule has 13 nitrogen and oxygen atoms in total. The Balaban J connectivity index is 1.75. The molecule has 13 atom stereocenters. The molecule has 0 aromatic heterocycles. The Morgan fingerprint density at radius 3 is 2.19 bits per heavy atom. The summed E-state index contributed by atoms with van der Waals surface area (Å²) >= 11 is 0. The fourth-order valence-corrected chi connectivity index (χ4v) is 10.3. The monoisotopic (exact) mass is 817 g/mol. The Labute approximate surface area is 342 Å². The fraction of sp³-hybridized carbons (Fsp3) is 0.767. The minimum Gasteiger partial charge on any atom is -0.458 e. The molecule has 3 aliphatic heterocycles. The van der Waals surface area contributed by atoms with E-state index in [1.54, 1.807) is 32.8 Å². The highest BCUT2D eigenvalue weighted by Crippen LogP contribution is 2.43. The summed E-state index contributed by atoms with van der Waals surface area (Å²) in [5.74, 6) is -4.67. The van der Waals surface area contributed by atoms with E-state index in [2.05, 4.69) is 29.9 Å². The van der Waals surface area contributed by atoms with Gasteiger partial charge in [0.05, 0.1) is 23.9 Å². The quantitative estimate of drug-likeness (QED) is 0.117. The zero-order chi connectivity index (χ0) is 42.6. The van der Waals surface area contributed by atoms with Crippen molar-refractivity contribution in [3.8, 4) is 0 Å². The van der Waals surface area contributed by atoms with Gasteiger partial charge in [-0.25, -0.2) is 4.79 Å². The minimum absolute atomic E-state index is 0.0350. The van der Waals surface area contributed by atoms with Crippen molar-refractivity contribution in [2.24, 2.45) is 23.7 Å². The summed E-state index contributed by atoms with van der Waals surface area (Å²) in [6, 6.07) is 9.13. The van der Waals surface area contributed by atoms with E-state index in [0.717, 1.165) is 12.0 Å². The van der Waals surface area contributed by atoms with Crippen LogP contribution in [0.3, 0.4) is 0 Å². The Kier molecular flexibility index (Phi) is 15.7. The van der Waals surface area contributed by atoms with Crippen molar-refractivity contribution in [2.75, 3.05) is 34.3 Å². The largest absolute Gasteiger partial charge is 0.458 e. The van der Waals surface area contributed by atoms with E-state index >= 15 is 0 Å². The summed E-state index contributed by atoms with van der Waals surface area (Å²) < 4.78 is 38.9. The lowest BCUT2D eigenvalue weighted by Gasteiger charge is -2.49. The topological polar surface area (TPSA) is 142 Å². The van der Waals surface area contributed by atoms with Crippen LogP contribution in [-0.4, -0.2) is 130 Å². The van der Waals surface area contributed by atoms with Gasteiger partial charge in [-0.15, -0.1) is 0 Å². The number of amides is 1. The van der Waals surface area contributed by atoms with Gasteiger partial charge >= 0.3 is 12.1 Å². The van der Waals surface area contributed by atoms with Crippen molar-refractivity contribution in [3.63, 3.8) is 0 Å². The average Bonchev–Trinajstić information content (AvgIpc) is 3.41. The lowest BCUT2D eigenvalue weighted by atomic mass is 9.73. The molecular weight excluding hydrogens is 747 g/mol. The Bertz CT molecular complexity index is 1540. The second-order valence-corrected chi connectivity index (χ2v) is 22.7. The van der Waals surface area contributed by atoms with E-state index in [1.807, 2.05) is 79.0 Å². The fourth-order valence-electron chi connectivity index (χ4n) is 9.26. The van der Waals surface area contributed by atoms with E-state index in [9.17, 15) is 19.2 Å². The molecule has 1 amide bonds. The normalized spacial score (nSPS) is 37.5. The SMILES string of the molecule is CC[C@H]1OC(=O)[C@H](C)C(=O)[C@H](C)[C@@H](O[C@@H]2O[C@H](C)C[C@H](N(C)C)[C@H]2O[Si](C)(C)C)[C@](C)(OC)C[C@@H](C)C(=O)[C@H](C)[C@H]2N(CCNCc3ccccc3)C(=O)O[C@]12C. The van der Waals surface area contributed by atoms with Crippen LogP contribution in [0.5, 0.6) is 0 Å². The predicted molar refractivity (Wildman–Crippen MR) is 220 cm³/mol. The Hall–Kier alpha value is -2.72. The number of fused-ring (bicyclic) bond motifs is 1. The maximum Gasteiger partial charge on any atom is 0.410 e. The molecule has 4 rings (SSSR count). The van der Waals surface area contributed by atoms with Crippen LogP contribution >= 0.6 is 0 Å². The van der Waals surface area contributed by atoms with Crippen molar-refractivity contribution < 1.29 is 47.3 Å². The van der Waals surface area contributed by atoms with Gasteiger partial charge in [-0.1, -0.05) is 58.0 Å². The molecule has 3 aliphatic rings. The summed E-state index contributed by atoms with van der Waals surface area (Å²) in [7, 11) is 3.43. The van der Waals surface area contributed by atoms with Gasteiger partial charge in [0.25, 0.3) is 0 Å². The minimum atomic E-state index is -2.14. The maximum absolute atomic E-state index is 14.8. The van der Waals surface area contributed by atoms with Gasteiger partial charge in [-0.05, 0) is 86.3 Å². The first-order valence-electron chi connectivity index (χ1n) is 20.8. The summed E-state index contributed by atoms with van der Waals surface area (Å²) in [6.45, 7) is 22.0. The second kappa shape index (κ2) is 19.1. The van der Waals surface area contributed by atoms with Gasteiger partial charge in [0.15, 0.2) is 26.0 Å². The average molecular weight is 818 g/mol. The zero-order valence-corrected chi connectivity index (χ0v) is 38.0. The number of Topliss-reactive ketones (excluding diaryl/α,β-unsaturated/α-hetero) is 2. The van der Waals surface area contributed by atoms with Crippen LogP contribution in [0.2, 0.25) is 19.6 Å². The number of carbonyl (C=O) groups excluding carboxylic acids is 4. The van der Waals surface area contributed by atoms with Crippen molar-refractivity contribution in [1.29, 1.82) is 0 Å². The number of hydrogen-bond donors (Lipinski definition) is 1. The van der Waals surface area contributed by atoms with Crippen LogP contribution in [0.15, 0.2) is 30.3 Å². The Morgan fingerprint density at radius 1 is 0.965 bits per heavy atom. The number of nitrogens with one attached hydrogen (secondary N) is 1. The van der Waals surface area contributed by atoms with Gasteiger partial charge in [-0.3, -0.25) is 19.3 Å². The molecule has 0 spiro atoms. The van der Waals surface area contributed by atoms with Crippen LogP contribution < -0.4 is 5.32 Å². The van der Waals surface area contributed by atoms with Crippen molar-refractivity contribution in [2.45, 2.75) is 155 Å². The number of hydrogen-bond acceptors (Lipinski definition) is 12. The number of likely N-dealkylation sites (N-methyl/N-ethyl adjacent to an activating group) is 1. The molecule has 0 saturated carbocycles. The van der Waals surface area contributed by atoms with Crippen LogP contribution in [0.25, 0.3) is 0 Å². The molecule has 3 saturated heterocycles. The van der Waals surface area contributed by atoms with E-state index < -0.39 is 91.7 Å². The van der Waals surface area contributed by atoms with Crippen LogP contribution in [0.4, 0.5) is 4.79 Å². The van der Waals surface area contributed by atoms with Crippen LogP contribution in [0.1, 0.15) is 80.2 Å². The lowest BCUT2D eigenvalue weighted by molar-refractivity contribution is -0.292. The number of carbonyl (C=O) groups is 4. The van der Waals surface area contributed by atoms with E-state index in [1.165, 1.54) is 0 Å². The maximum atomic E-state index is 14.8. The third-order valence-corrected chi connectivity index (χ3v) is 13.3. The molecule has 0 radical (unpaired) electrons. The number of nitrogens with zero attached hydrogens (tertiary/aromatic N) is 2. The molecule has 57 heavy (non-hydrogen) atoms. The van der Waals surface area contributed by atoms with Gasteiger partial charge in [-0.2, -0.15) is 0 Å². The molecule has 0 aliphatic carbocycles. The first kappa shape index (κ1) is 47.0. The molecule has 3 heterocycles. The van der Waals surface area contributed by atoms with Crippen LogP contribution in [0, 0.1) is 23.7 Å². The van der Waals surface area contributed by atoms with E-state index in [0.29, 0.717) is 13.1 Å². The third kappa shape index (κ3) is 10.7. The Morgan fingerprint density at radius 2 is 1.61 bits per heavy atom. The van der Waals surface area contributed by atoms with Gasteiger partial charge in [0.1, 0.15) is 23.9 Å². The van der Waals surface area contributed by atoms with Crippen molar-refractivity contribution in [1.82, 2.24) is 15.1 Å². The number of ketones is 2. The third-order valence-electron chi connectivity index (χ3n) is 12.3. The summed E-state index contributed by atoms with van der Waals surface area (Å²) in [5.41, 5.74) is -1.49. The molecule has 3 fully saturated rings. The molecule has 0 unspecified atom stereocenters. The van der Waals surface area contributed by atoms with Gasteiger partial charge < -0.3 is 38.3 Å². The number of esters is 1. The standard InChI is InChI=1S/C43H71N3O10Si/c1-15-33-43(8)37(46(41(50)55-43)22-21-44-25-31-19-17-16-18-20-31)28(4)34(47)26(2)24-42(7,51-11)38(29(5)35(48)30(6)39(49)53-33)54-40-36(56-57(12,13)14)32(45(9)10)23-27(3)52-40/h16-20,26-30,32-33,36-38,40,44H,15,21-25H2,1-14H3/t26-,27-,28+,29+,30-,32+,33-,36-,37-,38-,40+,42-,43-/m1/s1. The molecule has 14 heteroatoms. The van der Waals surface area contributed by atoms with Crippen molar-refractivity contribution in [3.05, 3.63) is 35.9 Å². The molecular formula is C43H71N3O10Si. The van der Waals surface area contributed by atoms with E-state index in [4.69, 9.17) is 28.1 Å². The number of ether oxygens (including phenoxy) is 5. The van der Waals surface area contributed by atoms with Crippen LogP contribution in [-0.2, 0) is 49.0 Å². The van der Waals surface area contributed by atoms with Gasteiger partial charge in [0, 0.05) is 50.5 Å². The van der Waals surface area contributed by atoms with E-state index in [-0.39, 0.29) is 37.3 Å². The van der Waals surface area contributed by atoms with Crippen molar-refractivity contribution >= 4 is 31.9 Å². The number of benzene rings is 1. The highest BCUT2D eigenvalue weighted by atomic mass is 28.4. The first-order valence-corrected chi connectivity index (χ1v) is 24.2.